The molecule has 1 aliphatic carbocycles. The number of ketones is 2. The lowest BCUT2D eigenvalue weighted by molar-refractivity contribution is -0.127. The molecule has 0 bridgehead atoms. The van der Waals surface area contributed by atoms with E-state index in [-0.39, 0.29) is 41.2 Å². The number of carbonyl (C=O) groups excluding carboxylic acids is 2. The van der Waals surface area contributed by atoms with Crippen molar-refractivity contribution in [3.05, 3.63) is 47.2 Å². The van der Waals surface area contributed by atoms with Crippen LogP contribution in [0.4, 0.5) is 0 Å². The molecule has 0 saturated heterocycles. The molecule has 0 aliphatic heterocycles. The number of Topliss-reactive ketones (excluding diaryl/α,β-unsaturated/α-hetero) is 2. The molecule has 0 aromatic heterocycles. The van der Waals surface area contributed by atoms with E-state index in [1.807, 2.05) is 26.0 Å². The van der Waals surface area contributed by atoms with Crippen LogP contribution in [0, 0.1) is 5.41 Å². The van der Waals surface area contributed by atoms with E-state index in [9.17, 15) is 14.7 Å². The predicted molar refractivity (Wildman–Crippen MR) is 84.7 cm³/mol. The van der Waals surface area contributed by atoms with Crippen LogP contribution in [0.2, 0.25) is 0 Å². The zero-order chi connectivity index (χ0) is 16.3. The molecule has 0 radical (unpaired) electrons. The Hall–Kier alpha value is -2.36. The maximum atomic E-state index is 12.1. The minimum absolute atomic E-state index is 0.0795. The lowest BCUT2D eigenvalue weighted by Gasteiger charge is -2.28. The third-order valence-electron chi connectivity index (χ3n) is 3.64. The largest absolute Gasteiger partial charge is 0.507 e. The Bertz CT molecular complexity index is 626. The smallest absolute Gasteiger partial charge is 0.170 e. The summed E-state index contributed by atoms with van der Waals surface area (Å²) in [7, 11) is 1.59. The summed E-state index contributed by atoms with van der Waals surface area (Å²) in [6.45, 7) is 3.76. The second kappa shape index (κ2) is 6.18. The Morgan fingerprint density at radius 2 is 1.68 bits per heavy atom. The zero-order valence-electron chi connectivity index (χ0n) is 13.1. The first-order valence-electron chi connectivity index (χ1n) is 7.14. The number of benzene rings is 1. The number of aliphatic hydroxyl groups excluding tert-OH is 1. The Morgan fingerprint density at radius 3 is 2.18 bits per heavy atom. The number of hydrogen-bond donors (Lipinski definition) is 1. The fourth-order valence-corrected chi connectivity index (χ4v) is 2.52. The SMILES string of the molecule is COc1ccc(/C=C/C(O)=C2C(=O)CC(C)(C)CC2=O)cc1. The first-order chi connectivity index (χ1) is 10.3. The Labute approximate surface area is 130 Å². The monoisotopic (exact) mass is 300 g/mol. The second-order valence-electron chi connectivity index (χ2n) is 6.23. The van der Waals surface area contributed by atoms with Crippen LogP contribution < -0.4 is 4.74 Å². The van der Waals surface area contributed by atoms with Crippen molar-refractivity contribution in [2.45, 2.75) is 26.7 Å². The van der Waals surface area contributed by atoms with Gasteiger partial charge in [0, 0.05) is 12.8 Å². The molecule has 1 aliphatic rings. The van der Waals surface area contributed by atoms with E-state index < -0.39 is 0 Å². The molecule has 1 aromatic rings. The maximum Gasteiger partial charge on any atom is 0.170 e. The van der Waals surface area contributed by atoms with Crippen molar-refractivity contribution in [2.24, 2.45) is 5.41 Å². The lowest BCUT2D eigenvalue weighted by atomic mass is 9.74. The molecule has 0 amide bonds. The topological polar surface area (TPSA) is 63.6 Å². The number of aliphatic hydroxyl groups is 1. The molecule has 1 saturated carbocycles. The van der Waals surface area contributed by atoms with Crippen LogP contribution in [0.25, 0.3) is 6.08 Å². The highest BCUT2D eigenvalue weighted by atomic mass is 16.5. The standard InChI is InChI=1S/C18H20O4/c1-18(2)10-15(20)17(16(21)11-18)14(19)9-6-12-4-7-13(22-3)8-5-12/h4-9,19H,10-11H2,1-3H3/b9-6+. The lowest BCUT2D eigenvalue weighted by Crippen LogP contribution is -2.32. The molecule has 1 fully saturated rings. The first kappa shape index (κ1) is 16.0. The van der Waals surface area contributed by atoms with Gasteiger partial charge in [0.25, 0.3) is 0 Å². The van der Waals surface area contributed by atoms with E-state index >= 15 is 0 Å². The van der Waals surface area contributed by atoms with Crippen molar-refractivity contribution in [3.63, 3.8) is 0 Å². The summed E-state index contributed by atoms with van der Waals surface area (Å²) >= 11 is 0. The Kier molecular flexibility index (Phi) is 4.50. The van der Waals surface area contributed by atoms with Gasteiger partial charge in [0.1, 0.15) is 17.1 Å². The molecule has 22 heavy (non-hydrogen) atoms. The van der Waals surface area contributed by atoms with Gasteiger partial charge < -0.3 is 9.84 Å². The predicted octanol–water partition coefficient (Wildman–Crippen LogP) is 3.48. The summed E-state index contributed by atoms with van der Waals surface area (Å²) in [4.78, 5) is 24.1. The van der Waals surface area contributed by atoms with Crippen LogP contribution in [0.15, 0.2) is 41.7 Å². The summed E-state index contributed by atoms with van der Waals surface area (Å²) in [5.74, 6) is -0.114. The molecule has 2 rings (SSSR count). The molecular weight excluding hydrogens is 280 g/mol. The highest BCUT2D eigenvalue weighted by molar-refractivity contribution is 6.22. The number of carbonyl (C=O) groups is 2. The molecule has 0 atom stereocenters. The van der Waals surface area contributed by atoms with Gasteiger partial charge in [-0.1, -0.05) is 32.1 Å². The van der Waals surface area contributed by atoms with Gasteiger partial charge in [-0.15, -0.1) is 0 Å². The molecule has 1 N–H and O–H groups in total. The minimum Gasteiger partial charge on any atom is -0.507 e. The summed E-state index contributed by atoms with van der Waals surface area (Å²) in [5, 5.41) is 10.1. The van der Waals surface area contributed by atoms with Crippen LogP contribution in [0.3, 0.4) is 0 Å². The highest BCUT2D eigenvalue weighted by Crippen LogP contribution is 2.34. The van der Waals surface area contributed by atoms with Gasteiger partial charge in [-0.2, -0.15) is 0 Å². The second-order valence-corrected chi connectivity index (χ2v) is 6.23. The third-order valence-corrected chi connectivity index (χ3v) is 3.64. The molecule has 4 nitrogen and oxygen atoms in total. The third kappa shape index (κ3) is 3.64. The van der Waals surface area contributed by atoms with Gasteiger partial charge in [-0.25, -0.2) is 0 Å². The van der Waals surface area contributed by atoms with Gasteiger partial charge in [0.05, 0.1) is 7.11 Å². The van der Waals surface area contributed by atoms with Crippen LogP contribution >= 0.6 is 0 Å². The average molecular weight is 300 g/mol. The van der Waals surface area contributed by atoms with E-state index in [2.05, 4.69) is 0 Å². The average Bonchev–Trinajstić information content (AvgIpc) is 2.43. The van der Waals surface area contributed by atoms with Crippen LogP contribution in [-0.4, -0.2) is 23.8 Å². The maximum absolute atomic E-state index is 12.1. The van der Waals surface area contributed by atoms with Gasteiger partial charge in [-0.05, 0) is 29.2 Å². The van der Waals surface area contributed by atoms with E-state index in [0.717, 1.165) is 11.3 Å². The van der Waals surface area contributed by atoms with Gasteiger partial charge in [0.2, 0.25) is 0 Å². The van der Waals surface area contributed by atoms with Gasteiger partial charge >= 0.3 is 0 Å². The van der Waals surface area contributed by atoms with Crippen molar-refractivity contribution >= 4 is 17.6 Å². The first-order valence-corrected chi connectivity index (χ1v) is 7.14. The molecule has 0 unspecified atom stereocenters. The number of methoxy groups -OCH3 is 1. The zero-order valence-corrected chi connectivity index (χ0v) is 13.1. The van der Waals surface area contributed by atoms with Crippen molar-refractivity contribution in [1.29, 1.82) is 0 Å². The summed E-state index contributed by atoms with van der Waals surface area (Å²) in [5.41, 5.74) is 0.422. The molecule has 0 spiro atoms. The summed E-state index contributed by atoms with van der Waals surface area (Å²) < 4.78 is 5.07. The van der Waals surface area contributed by atoms with Crippen molar-refractivity contribution in [2.75, 3.05) is 7.11 Å². The van der Waals surface area contributed by atoms with Crippen molar-refractivity contribution < 1.29 is 19.4 Å². The van der Waals surface area contributed by atoms with E-state index in [1.165, 1.54) is 6.08 Å². The van der Waals surface area contributed by atoms with Gasteiger partial charge in [-0.3, -0.25) is 9.59 Å². The number of hydrogen-bond acceptors (Lipinski definition) is 4. The van der Waals surface area contributed by atoms with Crippen LogP contribution in [0.5, 0.6) is 5.75 Å². The van der Waals surface area contributed by atoms with E-state index in [4.69, 9.17) is 4.74 Å². The molecule has 4 heteroatoms. The Morgan fingerprint density at radius 1 is 1.14 bits per heavy atom. The van der Waals surface area contributed by atoms with Crippen molar-refractivity contribution in [3.8, 4) is 5.75 Å². The molecule has 116 valence electrons. The highest BCUT2D eigenvalue weighted by Gasteiger charge is 2.37. The number of rotatable bonds is 3. The number of ether oxygens (including phenoxy) is 1. The van der Waals surface area contributed by atoms with Gasteiger partial charge in [0.15, 0.2) is 11.6 Å². The minimum atomic E-state index is -0.336. The summed E-state index contributed by atoms with van der Waals surface area (Å²) in [6, 6.07) is 7.23. The molecular formula is C18H20O4. The normalized spacial score (nSPS) is 17.9. The van der Waals surface area contributed by atoms with Crippen LogP contribution in [-0.2, 0) is 9.59 Å². The number of allylic oxidation sites excluding steroid dienone is 2. The molecule has 0 heterocycles. The fraction of sp³-hybridized carbons (Fsp3) is 0.333. The quantitative estimate of drug-likeness (QED) is 0.527. The molecule has 1 aromatic carbocycles. The van der Waals surface area contributed by atoms with Crippen molar-refractivity contribution in [1.82, 2.24) is 0 Å². The fourth-order valence-electron chi connectivity index (χ4n) is 2.52. The van der Waals surface area contributed by atoms with E-state index in [1.54, 1.807) is 25.3 Å². The summed E-state index contributed by atoms with van der Waals surface area (Å²) in [6.07, 6.45) is 3.59. The van der Waals surface area contributed by atoms with Crippen LogP contribution in [0.1, 0.15) is 32.3 Å². The Balaban J connectivity index is 2.22. The van der Waals surface area contributed by atoms with E-state index in [0.29, 0.717) is 0 Å².